The lowest BCUT2D eigenvalue weighted by Crippen LogP contribution is -2.26. The second-order valence-electron chi connectivity index (χ2n) is 5.45. The number of aryl methyl sites for hydroxylation is 2. The Kier molecular flexibility index (Phi) is 4.07. The third-order valence-corrected chi connectivity index (χ3v) is 4.95. The molecule has 3 rings (SSSR count). The van der Waals surface area contributed by atoms with Crippen molar-refractivity contribution in [2.75, 3.05) is 13.2 Å². The summed E-state index contributed by atoms with van der Waals surface area (Å²) in [4.78, 5) is 14.3. The lowest BCUT2D eigenvalue weighted by Gasteiger charge is -2.21. The van der Waals surface area contributed by atoms with Crippen molar-refractivity contribution < 1.29 is 14.3 Å². The number of benzene rings is 1. The molecule has 1 aromatic heterocycles. The van der Waals surface area contributed by atoms with Gasteiger partial charge in [-0.15, -0.1) is 11.3 Å². The van der Waals surface area contributed by atoms with Crippen molar-refractivity contribution in [3.05, 3.63) is 45.1 Å². The van der Waals surface area contributed by atoms with Gasteiger partial charge in [-0.1, -0.05) is 6.07 Å². The maximum Gasteiger partial charge on any atom is 0.261 e. The van der Waals surface area contributed by atoms with Crippen molar-refractivity contribution in [3.8, 4) is 11.5 Å². The van der Waals surface area contributed by atoms with Crippen LogP contribution in [0.1, 0.15) is 38.6 Å². The summed E-state index contributed by atoms with van der Waals surface area (Å²) in [7, 11) is 0. The molecule has 1 aliphatic heterocycles. The number of amides is 1. The molecule has 0 fully saturated rings. The minimum absolute atomic E-state index is 0.0383. The van der Waals surface area contributed by atoms with Gasteiger partial charge >= 0.3 is 0 Å². The van der Waals surface area contributed by atoms with Crippen molar-refractivity contribution in [1.82, 2.24) is 5.32 Å². The zero-order valence-electron chi connectivity index (χ0n) is 12.9. The number of carbonyl (C=O) groups is 1. The number of thiophene rings is 1. The van der Waals surface area contributed by atoms with Crippen molar-refractivity contribution in [3.63, 3.8) is 0 Å². The minimum atomic E-state index is -0.0916. The van der Waals surface area contributed by atoms with Gasteiger partial charge in [0.1, 0.15) is 13.2 Å². The maximum atomic E-state index is 12.3. The monoisotopic (exact) mass is 317 g/mol. The summed E-state index contributed by atoms with van der Waals surface area (Å²) in [5.41, 5.74) is 2.16. The highest BCUT2D eigenvalue weighted by molar-refractivity contribution is 7.14. The number of carbonyl (C=O) groups excluding carboxylic acids is 1. The highest BCUT2D eigenvalue weighted by atomic mass is 32.1. The molecule has 2 aromatic rings. The Balaban J connectivity index is 1.73. The third kappa shape index (κ3) is 2.95. The van der Waals surface area contributed by atoms with Gasteiger partial charge in [-0.25, -0.2) is 0 Å². The summed E-state index contributed by atoms with van der Waals surface area (Å²) in [6.07, 6.45) is 0. The predicted octanol–water partition coefficient (Wildman–Crippen LogP) is 3.63. The van der Waals surface area contributed by atoms with Crippen molar-refractivity contribution in [2.24, 2.45) is 0 Å². The van der Waals surface area contributed by atoms with Gasteiger partial charge in [-0.05, 0) is 50.1 Å². The fourth-order valence-electron chi connectivity index (χ4n) is 2.37. The minimum Gasteiger partial charge on any atom is -0.486 e. The molecule has 5 heteroatoms. The lowest BCUT2D eigenvalue weighted by atomic mass is 10.1. The van der Waals surface area contributed by atoms with Gasteiger partial charge in [0.05, 0.1) is 10.9 Å². The molecule has 0 saturated heterocycles. The van der Waals surface area contributed by atoms with Crippen LogP contribution in [0.3, 0.4) is 0 Å². The van der Waals surface area contributed by atoms with Gasteiger partial charge < -0.3 is 14.8 Å². The Labute approximate surface area is 134 Å². The van der Waals surface area contributed by atoms with Crippen LogP contribution in [0.5, 0.6) is 11.5 Å². The summed E-state index contributed by atoms with van der Waals surface area (Å²) in [6.45, 7) is 7.16. The van der Waals surface area contributed by atoms with Crippen LogP contribution in [0.4, 0.5) is 0 Å². The SMILES string of the molecule is Cc1cc(C(=O)NC(C)c2ccc3c(c2)OCCO3)sc1C. The summed E-state index contributed by atoms with van der Waals surface area (Å²) in [5.74, 6) is 1.47. The lowest BCUT2D eigenvalue weighted by molar-refractivity contribution is 0.0943. The van der Waals surface area contributed by atoms with E-state index in [9.17, 15) is 4.79 Å². The van der Waals surface area contributed by atoms with Crippen LogP contribution in [0.15, 0.2) is 24.3 Å². The van der Waals surface area contributed by atoms with Crippen LogP contribution in [0, 0.1) is 13.8 Å². The van der Waals surface area contributed by atoms with Crippen LogP contribution in [0.25, 0.3) is 0 Å². The number of nitrogens with one attached hydrogen (secondary N) is 1. The summed E-state index contributed by atoms with van der Waals surface area (Å²) < 4.78 is 11.1. The summed E-state index contributed by atoms with van der Waals surface area (Å²) in [5, 5.41) is 3.03. The molecule has 1 aliphatic rings. The van der Waals surface area contributed by atoms with Gasteiger partial charge in [0.25, 0.3) is 5.91 Å². The molecule has 116 valence electrons. The maximum absolute atomic E-state index is 12.3. The smallest absolute Gasteiger partial charge is 0.261 e. The van der Waals surface area contributed by atoms with Crippen molar-refractivity contribution in [1.29, 1.82) is 0 Å². The molecular formula is C17H19NO3S. The predicted molar refractivity (Wildman–Crippen MR) is 87.1 cm³/mol. The fraction of sp³-hybridized carbons (Fsp3) is 0.353. The molecule has 22 heavy (non-hydrogen) atoms. The van der Waals surface area contributed by atoms with Gasteiger partial charge in [0.2, 0.25) is 0 Å². The molecule has 2 heterocycles. The zero-order valence-corrected chi connectivity index (χ0v) is 13.8. The Morgan fingerprint density at radius 1 is 1.18 bits per heavy atom. The number of fused-ring (bicyclic) bond motifs is 1. The molecule has 4 nitrogen and oxygen atoms in total. The largest absolute Gasteiger partial charge is 0.486 e. The van der Waals surface area contributed by atoms with Crippen LogP contribution in [0.2, 0.25) is 0 Å². The average molecular weight is 317 g/mol. The molecule has 0 spiro atoms. The van der Waals surface area contributed by atoms with Gasteiger partial charge in [-0.2, -0.15) is 0 Å². The zero-order chi connectivity index (χ0) is 15.7. The van der Waals surface area contributed by atoms with E-state index in [4.69, 9.17) is 9.47 Å². The number of rotatable bonds is 3. The van der Waals surface area contributed by atoms with E-state index >= 15 is 0 Å². The highest BCUT2D eigenvalue weighted by Crippen LogP contribution is 2.32. The molecule has 1 amide bonds. The molecule has 1 unspecified atom stereocenters. The Bertz CT molecular complexity index is 688. The summed E-state index contributed by atoms with van der Waals surface area (Å²) in [6, 6.07) is 7.64. The van der Waals surface area contributed by atoms with E-state index < -0.39 is 0 Å². The molecule has 0 aliphatic carbocycles. The summed E-state index contributed by atoms with van der Waals surface area (Å²) >= 11 is 1.53. The Hall–Kier alpha value is -2.01. The third-order valence-electron chi connectivity index (χ3n) is 3.80. The fourth-order valence-corrected chi connectivity index (χ4v) is 3.30. The van der Waals surface area contributed by atoms with Gasteiger partial charge in [0.15, 0.2) is 11.5 Å². The van der Waals surface area contributed by atoms with Crippen molar-refractivity contribution >= 4 is 17.2 Å². The van der Waals surface area contributed by atoms with E-state index in [1.54, 1.807) is 0 Å². The van der Waals surface area contributed by atoms with Gasteiger partial charge in [-0.3, -0.25) is 4.79 Å². The number of ether oxygens (including phenoxy) is 2. The highest BCUT2D eigenvalue weighted by Gasteiger charge is 2.17. The number of hydrogen-bond donors (Lipinski definition) is 1. The van der Waals surface area contributed by atoms with Crippen LogP contribution < -0.4 is 14.8 Å². The quantitative estimate of drug-likeness (QED) is 0.940. The van der Waals surface area contributed by atoms with Crippen LogP contribution in [-0.4, -0.2) is 19.1 Å². The molecule has 0 saturated carbocycles. The number of hydrogen-bond acceptors (Lipinski definition) is 4. The van der Waals surface area contributed by atoms with E-state index in [0.717, 1.165) is 27.5 Å². The van der Waals surface area contributed by atoms with Crippen LogP contribution >= 0.6 is 11.3 Å². The Morgan fingerprint density at radius 2 is 1.91 bits per heavy atom. The van der Waals surface area contributed by atoms with E-state index in [2.05, 4.69) is 5.32 Å². The standard InChI is InChI=1S/C17H19NO3S/c1-10-8-16(22-12(10)3)17(19)18-11(2)13-4-5-14-15(9-13)21-7-6-20-14/h4-5,8-9,11H,6-7H2,1-3H3,(H,18,19). The van der Waals surface area contributed by atoms with Gasteiger partial charge in [0, 0.05) is 4.88 Å². The molecule has 0 radical (unpaired) electrons. The first-order chi connectivity index (χ1) is 10.5. The Morgan fingerprint density at radius 3 is 2.59 bits per heavy atom. The molecule has 1 atom stereocenters. The normalized spacial score (nSPS) is 14.5. The first-order valence-corrected chi connectivity index (χ1v) is 8.13. The average Bonchev–Trinajstić information content (AvgIpc) is 2.86. The van der Waals surface area contributed by atoms with E-state index in [1.807, 2.05) is 45.0 Å². The second kappa shape index (κ2) is 6.01. The topological polar surface area (TPSA) is 47.6 Å². The molecule has 1 N–H and O–H groups in total. The molecule has 0 bridgehead atoms. The van der Waals surface area contributed by atoms with E-state index in [1.165, 1.54) is 16.2 Å². The molecular weight excluding hydrogens is 298 g/mol. The van der Waals surface area contributed by atoms with Crippen molar-refractivity contribution in [2.45, 2.75) is 26.8 Å². The van der Waals surface area contributed by atoms with E-state index in [0.29, 0.717) is 13.2 Å². The molecule has 1 aromatic carbocycles. The first kappa shape index (κ1) is 14.9. The van der Waals surface area contributed by atoms with E-state index in [-0.39, 0.29) is 11.9 Å². The first-order valence-electron chi connectivity index (χ1n) is 7.32. The second-order valence-corrected chi connectivity index (χ2v) is 6.70. The van der Waals surface area contributed by atoms with Crippen LogP contribution in [-0.2, 0) is 0 Å².